The highest BCUT2D eigenvalue weighted by Gasteiger charge is 2.45. The molecule has 1 aliphatic carbocycles. The highest BCUT2D eigenvalue weighted by molar-refractivity contribution is 6.09. The number of carbonyl (C=O) groups excluding carboxylic acids is 2. The van der Waals surface area contributed by atoms with Crippen molar-refractivity contribution in [3.8, 4) is 0 Å². The Morgan fingerprint density at radius 2 is 1.90 bits per heavy atom. The number of alkyl halides is 2. The Bertz CT molecular complexity index is 1050. The number of likely N-dealkylation sites (tertiary alicyclic amines) is 1. The number of nitrogens with zero attached hydrogens (tertiary/aromatic N) is 3. The van der Waals surface area contributed by atoms with E-state index in [1.165, 1.54) is 56.1 Å². The topological polar surface area (TPSA) is 99.2 Å². The Labute approximate surface area is 232 Å². The van der Waals surface area contributed by atoms with Crippen LogP contribution in [0.1, 0.15) is 76.8 Å². The summed E-state index contributed by atoms with van der Waals surface area (Å²) in [7, 11) is 0. The number of ketones is 1. The second-order valence-electron chi connectivity index (χ2n) is 10.6. The van der Waals surface area contributed by atoms with E-state index in [1.807, 2.05) is 0 Å². The maximum absolute atomic E-state index is 13.6. The first-order valence-corrected chi connectivity index (χ1v) is 14.1. The number of hydrogen-bond donors (Lipinski definition) is 2. The van der Waals surface area contributed by atoms with E-state index in [2.05, 4.69) is 55.8 Å². The number of amides is 1. The standard InChI is InChI=1S/C15H21F2N3O3.C15H25N/c1-9(21)7-19-11-4-2-3-10(11)13(18)14(23)20-6-5-12(22)15(16,17)8-20;1-5-7-12-16(11-6-2)15-10-8-9-13(3)14(15)4/h12,22H,2-8,18H2,1H3;8-10H,5-7,11-12H2,1-4H3/b13-10-,19-11?;. The Kier molecular flexibility index (Phi) is 12.5. The molecule has 0 bridgehead atoms. The minimum absolute atomic E-state index is 0.0221. The fourth-order valence-electron chi connectivity index (χ4n) is 4.85. The van der Waals surface area contributed by atoms with Crippen molar-refractivity contribution in [2.75, 3.05) is 37.6 Å². The summed E-state index contributed by atoms with van der Waals surface area (Å²) in [6.07, 6.45) is 3.77. The summed E-state index contributed by atoms with van der Waals surface area (Å²) < 4.78 is 27.1. The number of aliphatic hydroxyl groups is 1. The van der Waals surface area contributed by atoms with Crippen molar-refractivity contribution in [1.29, 1.82) is 0 Å². The molecule has 2 aliphatic rings. The quantitative estimate of drug-likeness (QED) is 0.425. The predicted octanol–water partition coefficient (Wildman–Crippen LogP) is 4.96. The van der Waals surface area contributed by atoms with Gasteiger partial charge < -0.3 is 20.6 Å². The molecule has 39 heavy (non-hydrogen) atoms. The van der Waals surface area contributed by atoms with Crippen molar-refractivity contribution in [1.82, 2.24) is 4.90 Å². The molecule has 2 fully saturated rings. The molecule has 0 radical (unpaired) electrons. The lowest BCUT2D eigenvalue weighted by molar-refractivity contribution is -0.162. The number of Topliss-reactive ketones (excluding diaryl/α,β-unsaturated/α-hetero) is 1. The lowest BCUT2D eigenvalue weighted by Crippen LogP contribution is -2.54. The van der Waals surface area contributed by atoms with Gasteiger partial charge in [-0.3, -0.25) is 14.6 Å². The third-order valence-electron chi connectivity index (χ3n) is 7.28. The molecular formula is C30H46F2N4O3. The van der Waals surface area contributed by atoms with Gasteiger partial charge >= 0.3 is 0 Å². The molecule has 0 aromatic heterocycles. The second kappa shape index (κ2) is 15.1. The van der Waals surface area contributed by atoms with E-state index in [1.54, 1.807) is 0 Å². The van der Waals surface area contributed by atoms with Crippen LogP contribution in [0.5, 0.6) is 0 Å². The maximum Gasteiger partial charge on any atom is 0.290 e. The van der Waals surface area contributed by atoms with Crippen molar-refractivity contribution in [3.63, 3.8) is 0 Å². The highest BCUT2D eigenvalue weighted by Crippen LogP contribution is 2.29. The molecule has 1 aliphatic heterocycles. The lowest BCUT2D eigenvalue weighted by atomic mass is 10.0. The van der Waals surface area contributed by atoms with Crippen LogP contribution in [-0.4, -0.2) is 72.2 Å². The number of aryl methyl sites for hydroxylation is 1. The van der Waals surface area contributed by atoms with Crippen molar-refractivity contribution in [2.45, 2.75) is 91.6 Å². The Hall–Kier alpha value is -2.81. The molecule has 1 atom stereocenters. The van der Waals surface area contributed by atoms with Crippen LogP contribution < -0.4 is 10.6 Å². The number of nitrogens with two attached hydrogens (primary N) is 1. The molecule has 1 amide bonds. The Balaban J connectivity index is 0.000000293. The molecule has 3 N–H and O–H groups in total. The van der Waals surface area contributed by atoms with Gasteiger partial charge in [0.2, 0.25) is 0 Å². The molecule has 7 nitrogen and oxygen atoms in total. The van der Waals surface area contributed by atoms with Gasteiger partial charge in [-0.25, -0.2) is 8.78 Å². The minimum Gasteiger partial charge on any atom is -0.394 e. The summed E-state index contributed by atoms with van der Waals surface area (Å²) in [5.74, 6) is -4.10. The maximum atomic E-state index is 13.6. The normalized spacial score (nSPS) is 20.9. The molecule has 1 aromatic carbocycles. The van der Waals surface area contributed by atoms with Crippen molar-refractivity contribution >= 4 is 23.1 Å². The molecule has 9 heteroatoms. The number of halogens is 2. The second-order valence-corrected chi connectivity index (χ2v) is 10.6. The summed E-state index contributed by atoms with van der Waals surface area (Å²) in [6, 6.07) is 6.63. The van der Waals surface area contributed by atoms with Gasteiger partial charge in [0.25, 0.3) is 11.8 Å². The molecule has 1 heterocycles. The zero-order chi connectivity index (χ0) is 29.2. The fourth-order valence-corrected chi connectivity index (χ4v) is 4.85. The minimum atomic E-state index is -3.33. The summed E-state index contributed by atoms with van der Waals surface area (Å²) in [4.78, 5) is 31.1. The van der Waals surface area contributed by atoms with E-state index in [0.717, 1.165) is 11.3 Å². The molecular weight excluding hydrogens is 502 g/mol. The Morgan fingerprint density at radius 1 is 1.18 bits per heavy atom. The number of carbonyl (C=O) groups is 2. The number of piperidine rings is 1. The number of unbranched alkanes of at least 4 members (excludes halogenated alkanes) is 1. The number of aliphatic hydroxyl groups excluding tert-OH is 1. The third-order valence-corrected chi connectivity index (χ3v) is 7.28. The number of benzene rings is 1. The van der Waals surface area contributed by atoms with Crippen LogP contribution in [0.15, 0.2) is 34.5 Å². The van der Waals surface area contributed by atoms with Gasteiger partial charge in [-0.1, -0.05) is 32.4 Å². The largest absolute Gasteiger partial charge is 0.394 e. The van der Waals surface area contributed by atoms with Gasteiger partial charge in [0.05, 0.1) is 13.1 Å². The first kappa shape index (κ1) is 32.4. The van der Waals surface area contributed by atoms with Gasteiger partial charge in [0.1, 0.15) is 11.8 Å². The van der Waals surface area contributed by atoms with Crippen LogP contribution in [0.4, 0.5) is 14.5 Å². The number of allylic oxidation sites excluding steroid dienone is 1. The van der Waals surface area contributed by atoms with Crippen LogP contribution in [0, 0.1) is 13.8 Å². The molecule has 0 spiro atoms. The fraction of sp³-hybridized carbons (Fsp3) is 0.633. The van der Waals surface area contributed by atoms with E-state index in [4.69, 9.17) is 5.73 Å². The van der Waals surface area contributed by atoms with Crippen LogP contribution in [0.25, 0.3) is 0 Å². The molecule has 1 saturated carbocycles. The SMILES string of the molecule is CC(=O)CN=C1CCC/C1=C(/N)C(=O)N1CCC(O)C(F)(F)C1.CCCCN(CCC)c1cccc(C)c1C. The zero-order valence-corrected chi connectivity index (χ0v) is 24.2. The summed E-state index contributed by atoms with van der Waals surface area (Å²) >= 11 is 0. The number of aliphatic imine (C=N–C) groups is 1. The molecule has 1 saturated heterocycles. The van der Waals surface area contributed by atoms with Crippen molar-refractivity contribution < 1.29 is 23.5 Å². The van der Waals surface area contributed by atoms with Gasteiger partial charge in [-0.05, 0) is 76.5 Å². The highest BCUT2D eigenvalue weighted by atomic mass is 19.3. The lowest BCUT2D eigenvalue weighted by Gasteiger charge is -2.36. The monoisotopic (exact) mass is 548 g/mol. The van der Waals surface area contributed by atoms with Crippen molar-refractivity contribution in [3.05, 3.63) is 40.6 Å². The predicted molar refractivity (Wildman–Crippen MR) is 154 cm³/mol. The van der Waals surface area contributed by atoms with Crippen molar-refractivity contribution in [2.24, 2.45) is 10.7 Å². The van der Waals surface area contributed by atoms with Gasteiger partial charge in [-0.2, -0.15) is 0 Å². The molecule has 1 unspecified atom stereocenters. The molecule has 1 aromatic rings. The van der Waals surface area contributed by atoms with Crippen LogP contribution in [0.3, 0.4) is 0 Å². The van der Waals surface area contributed by atoms with Gasteiger partial charge in [0.15, 0.2) is 5.78 Å². The summed E-state index contributed by atoms with van der Waals surface area (Å²) in [5.41, 5.74) is 11.2. The van der Waals surface area contributed by atoms with Gasteiger partial charge in [-0.15, -0.1) is 0 Å². The number of anilines is 1. The number of hydrogen-bond acceptors (Lipinski definition) is 6. The Morgan fingerprint density at radius 3 is 2.51 bits per heavy atom. The first-order chi connectivity index (χ1) is 18.4. The summed E-state index contributed by atoms with van der Waals surface area (Å²) in [5, 5.41) is 9.27. The third kappa shape index (κ3) is 9.12. The first-order valence-electron chi connectivity index (χ1n) is 14.1. The van der Waals surface area contributed by atoms with Gasteiger partial charge in [0, 0.05) is 36.6 Å². The summed E-state index contributed by atoms with van der Waals surface area (Å²) in [6.45, 7) is 11.9. The van der Waals surface area contributed by atoms with E-state index in [9.17, 15) is 23.5 Å². The number of rotatable bonds is 9. The smallest absolute Gasteiger partial charge is 0.290 e. The molecule has 218 valence electrons. The van der Waals surface area contributed by atoms with E-state index >= 15 is 0 Å². The van der Waals surface area contributed by atoms with Crippen LogP contribution >= 0.6 is 0 Å². The zero-order valence-electron chi connectivity index (χ0n) is 24.2. The average molecular weight is 549 g/mol. The molecule has 3 rings (SSSR count). The van der Waals surface area contributed by atoms with E-state index < -0.39 is 24.5 Å². The van der Waals surface area contributed by atoms with Crippen LogP contribution in [-0.2, 0) is 9.59 Å². The van der Waals surface area contributed by atoms with E-state index in [0.29, 0.717) is 24.1 Å². The average Bonchev–Trinajstić information content (AvgIpc) is 3.37. The van der Waals surface area contributed by atoms with E-state index in [-0.39, 0.29) is 31.0 Å². The van der Waals surface area contributed by atoms with Crippen LogP contribution in [0.2, 0.25) is 0 Å².